The highest BCUT2D eigenvalue weighted by molar-refractivity contribution is 9.10. The number of hydrogen-bond donors (Lipinski definition) is 1. The summed E-state index contributed by atoms with van der Waals surface area (Å²) in [5, 5.41) is 6.92. The molecule has 0 radical (unpaired) electrons. The van der Waals surface area contributed by atoms with E-state index in [0.29, 0.717) is 16.3 Å². The molecule has 3 rings (SSSR count). The molecule has 106 valence electrons. The molecule has 21 heavy (non-hydrogen) atoms. The zero-order valence-electron chi connectivity index (χ0n) is 11.1. The number of nitrogens with zero attached hydrogens (tertiary/aromatic N) is 1. The first-order valence-electron chi connectivity index (χ1n) is 6.21. The maximum Gasteiger partial charge on any atom is 0.281 e. The minimum absolute atomic E-state index is 0.219. The van der Waals surface area contributed by atoms with Crippen molar-refractivity contribution in [2.75, 3.05) is 0 Å². The van der Waals surface area contributed by atoms with Crippen LogP contribution in [0, 0.1) is 0 Å². The van der Waals surface area contributed by atoms with Crippen molar-refractivity contribution >= 4 is 49.9 Å². The number of carbonyl (C=O) groups is 1. The molecule has 1 aromatic carbocycles. The molecule has 1 amide bonds. The molecule has 4 nitrogen and oxygen atoms in total. The lowest BCUT2D eigenvalue weighted by Gasteiger charge is -1.98. The maximum atomic E-state index is 11.8. The summed E-state index contributed by atoms with van der Waals surface area (Å²) in [5.41, 5.74) is 3.93. The fraction of sp³-hybridized carbons (Fsp3) is 0.0667. The molecule has 0 atom stereocenters. The summed E-state index contributed by atoms with van der Waals surface area (Å²) in [6.45, 7) is 1.79. The van der Waals surface area contributed by atoms with Crippen LogP contribution < -0.4 is 5.43 Å². The van der Waals surface area contributed by atoms with Crippen molar-refractivity contribution in [3.05, 3.63) is 56.9 Å². The average molecular weight is 363 g/mol. The van der Waals surface area contributed by atoms with Crippen LogP contribution in [0.25, 0.3) is 11.0 Å². The normalized spacial score (nSPS) is 11.8. The largest absolute Gasteiger partial charge is 0.455 e. The molecule has 0 aliphatic heterocycles. The molecular weight excluding hydrogens is 352 g/mol. The van der Waals surface area contributed by atoms with Crippen molar-refractivity contribution in [2.24, 2.45) is 5.10 Å². The molecule has 3 aromatic rings. The molecule has 0 bridgehead atoms. The van der Waals surface area contributed by atoms with E-state index < -0.39 is 0 Å². The van der Waals surface area contributed by atoms with Gasteiger partial charge in [0.1, 0.15) is 11.3 Å². The van der Waals surface area contributed by atoms with Gasteiger partial charge in [-0.3, -0.25) is 4.79 Å². The predicted octanol–water partition coefficient (Wildman–Crippen LogP) is 4.41. The summed E-state index contributed by atoms with van der Waals surface area (Å²) in [5.74, 6) is 0.415. The van der Waals surface area contributed by atoms with E-state index in [0.717, 1.165) is 15.4 Å². The lowest BCUT2D eigenvalue weighted by molar-refractivity contribution is 0.0959. The van der Waals surface area contributed by atoms with E-state index in [1.54, 1.807) is 13.0 Å². The Labute approximate surface area is 133 Å². The number of amides is 1. The number of halogens is 1. The zero-order chi connectivity index (χ0) is 14.8. The number of nitrogens with one attached hydrogen (secondary N) is 1. The fourth-order valence-corrected chi connectivity index (χ4v) is 2.84. The smallest absolute Gasteiger partial charge is 0.281 e. The molecule has 0 aliphatic carbocycles. The van der Waals surface area contributed by atoms with Gasteiger partial charge in [-0.25, -0.2) is 5.43 Å². The average Bonchev–Trinajstić information content (AvgIpc) is 3.12. The number of carbonyl (C=O) groups excluding carboxylic acids is 1. The van der Waals surface area contributed by atoms with E-state index in [2.05, 4.69) is 26.5 Å². The van der Waals surface area contributed by atoms with Gasteiger partial charge in [-0.2, -0.15) is 5.10 Å². The number of benzene rings is 1. The SMILES string of the molecule is C/C(=N/NC(=O)c1cccs1)c1cc2cc(Br)ccc2o1. The Morgan fingerprint density at radius 1 is 1.33 bits per heavy atom. The van der Waals surface area contributed by atoms with Gasteiger partial charge in [0.15, 0.2) is 5.76 Å². The van der Waals surface area contributed by atoms with E-state index in [-0.39, 0.29) is 5.91 Å². The number of hydrogen-bond acceptors (Lipinski definition) is 4. The summed E-state index contributed by atoms with van der Waals surface area (Å²) < 4.78 is 6.70. The summed E-state index contributed by atoms with van der Waals surface area (Å²) in [6.07, 6.45) is 0. The van der Waals surface area contributed by atoms with Crippen LogP contribution in [0.1, 0.15) is 22.4 Å². The maximum absolute atomic E-state index is 11.8. The highest BCUT2D eigenvalue weighted by atomic mass is 79.9. The Balaban J connectivity index is 1.81. The summed E-state index contributed by atoms with van der Waals surface area (Å²) in [6, 6.07) is 11.3. The molecule has 2 heterocycles. The second kappa shape index (κ2) is 5.83. The topological polar surface area (TPSA) is 54.6 Å². The third kappa shape index (κ3) is 3.06. The first-order valence-corrected chi connectivity index (χ1v) is 7.88. The van der Waals surface area contributed by atoms with Crippen LogP contribution in [0.4, 0.5) is 0 Å². The highest BCUT2D eigenvalue weighted by Gasteiger charge is 2.09. The number of rotatable bonds is 3. The van der Waals surface area contributed by atoms with Crippen molar-refractivity contribution in [1.29, 1.82) is 0 Å². The van der Waals surface area contributed by atoms with E-state index in [4.69, 9.17) is 4.42 Å². The van der Waals surface area contributed by atoms with Crippen LogP contribution in [0.2, 0.25) is 0 Å². The minimum atomic E-state index is -0.219. The van der Waals surface area contributed by atoms with Crippen LogP contribution in [0.5, 0.6) is 0 Å². The van der Waals surface area contributed by atoms with Crippen molar-refractivity contribution < 1.29 is 9.21 Å². The van der Waals surface area contributed by atoms with Crippen LogP contribution >= 0.6 is 27.3 Å². The van der Waals surface area contributed by atoms with Gasteiger partial charge in [0.25, 0.3) is 5.91 Å². The van der Waals surface area contributed by atoms with Crippen molar-refractivity contribution in [3.8, 4) is 0 Å². The Morgan fingerprint density at radius 2 is 2.19 bits per heavy atom. The van der Waals surface area contributed by atoms with Crippen LogP contribution in [0.15, 0.2) is 55.8 Å². The molecule has 0 saturated heterocycles. The molecule has 6 heteroatoms. The summed E-state index contributed by atoms with van der Waals surface area (Å²) in [7, 11) is 0. The van der Waals surface area contributed by atoms with E-state index >= 15 is 0 Å². The molecule has 2 aromatic heterocycles. The van der Waals surface area contributed by atoms with Gasteiger partial charge in [-0.1, -0.05) is 22.0 Å². The second-order valence-electron chi connectivity index (χ2n) is 4.41. The van der Waals surface area contributed by atoms with Crippen LogP contribution in [0.3, 0.4) is 0 Å². The monoisotopic (exact) mass is 362 g/mol. The first kappa shape index (κ1) is 14.0. The molecular formula is C15H11BrN2O2S. The van der Waals surface area contributed by atoms with Gasteiger partial charge in [0, 0.05) is 9.86 Å². The van der Waals surface area contributed by atoms with E-state index in [1.807, 2.05) is 35.7 Å². The summed E-state index contributed by atoms with van der Waals surface area (Å²) in [4.78, 5) is 12.4. The number of thiophene rings is 1. The van der Waals surface area contributed by atoms with Gasteiger partial charge in [0.2, 0.25) is 0 Å². The lowest BCUT2D eigenvalue weighted by atomic mass is 10.2. The van der Waals surface area contributed by atoms with Gasteiger partial charge in [-0.15, -0.1) is 11.3 Å². The van der Waals surface area contributed by atoms with Crippen LogP contribution in [-0.4, -0.2) is 11.6 Å². The molecule has 0 spiro atoms. The minimum Gasteiger partial charge on any atom is -0.455 e. The standard InChI is InChI=1S/C15H11BrN2O2S/c1-9(17-18-15(19)14-3-2-6-21-14)13-8-10-7-11(16)4-5-12(10)20-13/h2-8H,1H3,(H,18,19)/b17-9-. The number of fused-ring (bicyclic) bond motifs is 1. The first-order chi connectivity index (χ1) is 10.1. The number of hydrazone groups is 1. The molecule has 0 aliphatic rings. The van der Waals surface area contributed by atoms with Crippen molar-refractivity contribution in [3.63, 3.8) is 0 Å². The molecule has 0 fully saturated rings. The second-order valence-corrected chi connectivity index (χ2v) is 6.27. The van der Waals surface area contributed by atoms with E-state index in [9.17, 15) is 4.79 Å². The lowest BCUT2D eigenvalue weighted by Crippen LogP contribution is -2.17. The number of furan rings is 1. The van der Waals surface area contributed by atoms with Crippen molar-refractivity contribution in [1.82, 2.24) is 5.43 Å². The molecule has 1 N–H and O–H groups in total. The fourth-order valence-electron chi connectivity index (χ4n) is 1.85. The Kier molecular flexibility index (Phi) is 3.90. The van der Waals surface area contributed by atoms with Gasteiger partial charge in [0.05, 0.1) is 4.88 Å². The van der Waals surface area contributed by atoms with Gasteiger partial charge in [-0.05, 0) is 42.6 Å². The Morgan fingerprint density at radius 3 is 2.95 bits per heavy atom. The van der Waals surface area contributed by atoms with Gasteiger partial charge >= 0.3 is 0 Å². The van der Waals surface area contributed by atoms with E-state index in [1.165, 1.54) is 11.3 Å². The third-order valence-electron chi connectivity index (χ3n) is 2.91. The highest BCUT2D eigenvalue weighted by Crippen LogP contribution is 2.23. The zero-order valence-corrected chi connectivity index (χ0v) is 13.5. The Bertz CT molecular complexity index is 821. The summed E-state index contributed by atoms with van der Waals surface area (Å²) >= 11 is 4.80. The molecule has 0 saturated carbocycles. The predicted molar refractivity (Wildman–Crippen MR) is 87.9 cm³/mol. The third-order valence-corrected chi connectivity index (χ3v) is 4.27. The van der Waals surface area contributed by atoms with Crippen LogP contribution in [-0.2, 0) is 0 Å². The van der Waals surface area contributed by atoms with Gasteiger partial charge < -0.3 is 4.42 Å². The van der Waals surface area contributed by atoms with Crippen molar-refractivity contribution in [2.45, 2.75) is 6.92 Å². The Hall–Kier alpha value is -1.92. The quantitative estimate of drug-likeness (QED) is 0.554. The molecule has 0 unspecified atom stereocenters.